The number of carbonyl (C=O) groups is 2. The molecule has 0 saturated carbocycles. The number of amides is 1. The molecule has 0 aliphatic carbocycles. The molecule has 1 unspecified atom stereocenters. The quantitative estimate of drug-likeness (QED) is 0.293. The van der Waals surface area contributed by atoms with Gasteiger partial charge < -0.3 is 15.7 Å². The summed E-state index contributed by atoms with van der Waals surface area (Å²) in [5, 5.41) is 10.3. The molecule has 0 spiro atoms. The van der Waals surface area contributed by atoms with Crippen molar-refractivity contribution in [2.45, 2.75) is 19.9 Å². The molecule has 0 saturated heterocycles. The monoisotopic (exact) mass is 228 g/mol. The molecule has 1 atom stereocenters. The third-order valence-electron chi connectivity index (χ3n) is 1.97. The maximum atomic E-state index is 11.1. The predicted molar refractivity (Wildman–Crippen MR) is 57.2 cm³/mol. The van der Waals surface area contributed by atoms with Gasteiger partial charge in [-0.3, -0.25) is 4.79 Å². The van der Waals surface area contributed by atoms with E-state index in [4.69, 9.17) is 5.73 Å². The summed E-state index contributed by atoms with van der Waals surface area (Å²) in [6.07, 6.45) is 1.88. The standard InChI is InChI=1S/C10H16N2O4/c1-4-9(13)16-6-8(10(11)14)7(3)12(15)5-2/h4,6-7,15H,1,5H2,2-3H3,(H2,11,14)/b8-6-. The first-order valence-corrected chi connectivity index (χ1v) is 4.72. The van der Waals surface area contributed by atoms with Gasteiger partial charge in [0.15, 0.2) is 0 Å². The first kappa shape index (κ1) is 14.3. The van der Waals surface area contributed by atoms with Crippen LogP contribution in [0.3, 0.4) is 0 Å². The van der Waals surface area contributed by atoms with Crippen LogP contribution in [0, 0.1) is 0 Å². The summed E-state index contributed by atoms with van der Waals surface area (Å²) in [4.78, 5) is 21.8. The molecule has 0 aromatic heterocycles. The number of carbonyl (C=O) groups excluding carboxylic acids is 2. The number of ether oxygens (including phenoxy) is 1. The molecule has 3 N–H and O–H groups in total. The maximum absolute atomic E-state index is 11.1. The molecule has 0 aromatic rings. The van der Waals surface area contributed by atoms with E-state index in [1.165, 1.54) is 0 Å². The smallest absolute Gasteiger partial charge is 0.334 e. The van der Waals surface area contributed by atoms with E-state index in [9.17, 15) is 14.8 Å². The molecule has 0 heterocycles. The van der Waals surface area contributed by atoms with Crippen molar-refractivity contribution < 1.29 is 19.5 Å². The Morgan fingerprint density at radius 2 is 2.19 bits per heavy atom. The van der Waals surface area contributed by atoms with Gasteiger partial charge in [-0.2, -0.15) is 5.06 Å². The van der Waals surface area contributed by atoms with Gasteiger partial charge in [0.1, 0.15) is 6.26 Å². The predicted octanol–water partition coefficient (Wildman–Crippen LogP) is 0.184. The normalized spacial score (nSPS) is 13.4. The molecule has 0 bridgehead atoms. The summed E-state index contributed by atoms with van der Waals surface area (Å²) < 4.78 is 4.57. The van der Waals surface area contributed by atoms with E-state index in [1.54, 1.807) is 13.8 Å². The van der Waals surface area contributed by atoms with E-state index in [0.717, 1.165) is 17.4 Å². The van der Waals surface area contributed by atoms with Gasteiger partial charge in [0, 0.05) is 12.6 Å². The van der Waals surface area contributed by atoms with Crippen LogP contribution in [0.15, 0.2) is 24.5 Å². The van der Waals surface area contributed by atoms with Crippen LogP contribution in [0.5, 0.6) is 0 Å². The minimum absolute atomic E-state index is 0.000417. The molecular formula is C10H16N2O4. The van der Waals surface area contributed by atoms with E-state index >= 15 is 0 Å². The Kier molecular flexibility index (Phi) is 6.06. The fraction of sp³-hybridized carbons (Fsp3) is 0.400. The minimum atomic E-state index is -0.767. The van der Waals surface area contributed by atoms with Crippen LogP contribution < -0.4 is 5.73 Å². The highest BCUT2D eigenvalue weighted by Crippen LogP contribution is 2.08. The second kappa shape index (κ2) is 6.76. The molecule has 0 fully saturated rings. The Balaban J connectivity index is 4.79. The van der Waals surface area contributed by atoms with Gasteiger partial charge in [-0.25, -0.2) is 4.79 Å². The summed E-state index contributed by atoms with van der Waals surface area (Å²) >= 11 is 0. The van der Waals surface area contributed by atoms with Crippen LogP contribution in [0.25, 0.3) is 0 Å². The van der Waals surface area contributed by atoms with Gasteiger partial charge in [0.25, 0.3) is 0 Å². The lowest BCUT2D eigenvalue weighted by Gasteiger charge is -2.21. The lowest BCUT2D eigenvalue weighted by Crippen LogP contribution is -2.36. The fourth-order valence-electron chi connectivity index (χ4n) is 0.967. The molecular weight excluding hydrogens is 212 g/mol. The first-order chi connectivity index (χ1) is 7.43. The fourth-order valence-corrected chi connectivity index (χ4v) is 0.967. The van der Waals surface area contributed by atoms with Gasteiger partial charge in [-0.1, -0.05) is 13.5 Å². The van der Waals surface area contributed by atoms with Crippen molar-refractivity contribution in [3.8, 4) is 0 Å². The lowest BCUT2D eigenvalue weighted by molar-refractivity contribution is -0.133. The van der Waals surface area contributed by atoms with E-state index in [2.05, 4.69) is 11.3 Å². The van der Waals surface area contributed by atoms with E-state index < -0.39 is 17.9 Å². The van der Waals surface area contributed by atoms with E-state index in [0.29, 0.717) is 6.54 Å². The molecule has 90 valence electrons. The average molecular weight is 228 g/mol. The van der Waals surface area contributed by atoms with Crippen LogP contribution >= 0.6 is 0 Å². The molecule has 0 rings (SSSR count). The maximum Gasteiger partial charge on any atom is 0.334 e. The summed E-state index contributed by atoms with van der Waals surface area (Å²) in [5.74, 6) is -1.47. The van der Waals surface area contributed by atoms with Crippen molar-refractivity contribution in [1.82, 2.24) is 5.06 Å². The van der Waals surface area contributed by atoms with Gasteiger partial charge in [0.2, 0.25) is 5.91 Å². The molecule has 1 amide bonds. The van der Waals surface area contributed by atoms with Crippen molar-refractivity contribution in [3.63, 3.8) is 0 Å². The van der Waals surface area contributed by atoms with E-state index in [1.807, 2.05) is 0 Å². The molecule has 0 aliphatic rings. The molecule has 0 radical (unpaired) electrons. The van der Waals surface area contributed by atoms with Crippen molar-refractivity contribution in [2.24, 2.45) is 5.73 Å². The summed E-state index contributed by atoms with van der Waals surface area (Å²) in [6, 6.07) is -0.653. The van der Waals surface area contributed by atoms with Crippen LogP contribution in [0.2, 0.25) is 0 Å². The first-order valence-electron chi connectivity index (χ1n) is 4.72. The molecule has 0 aliphatic heterocycles. The van der Waals surface area contributed by atoms with Gasteiger partial charge in [-0.05, 0) is 6.92 Å². The summed E-state index contributed by atoms with van der Waals surface area (Å²) in [7, 11) is 0. The Morgan fingerprint density at radius 3 is 2.56 bits per heavy atom. The zero-order chi connectivity index (χ0) is 12.7. The van der Waals surface area contributed by atoms with Gasteiger partial charge in [-0.15, -0.1) is 0 Å². The number of primary amides is 1. The molecule has 0 aromatic carbocycles. The molecule has 6 nitrogen and oxygen atoms in total. The average Bonchev–Trinajstić information content (AvgIpc) is 2.26. The SMILES string of the molecule is C=CC(=O)O/C=C(\C(N)=O)C(C)N(O)CC. The Hall–Kier alpha value is -1.66. The number of nitrogens with zero attached hydrogens (tertiary/aromatic N) is 1. The zero-order valence-corrected chi connectivity index (χ0v) is 9.34. The van der Waals surface area contributed by atoms with Crippen LogP contribution in [0.4, 0.5) is 0 Å². The number of hydrogen-bond donors (Lipinski definition) is 2. The largest absolute Gasteiger partial charge is 0.431 e. The minimum Gasteiger partial charge on any atom is -0.431 e. The second-order valence-corrected chi connectivity index (χ2v) is 3.01. The van der Waals surface area contributed by atoms with Crippen molar-refractivity contribution in [1.29, 1.82) is 0 Å². The Morgan fingerprint density at radius 1 is 1.62 bits per heavy atom. The number of esters is 1. The highest BCUT2D eigenvalue weighted by Gasteiger charge is 2.20. The number of nitrogens with two attached hydrogens (primary N) is 1. The van der Waals surface area contributed by atoms with Gasteiger partial charge in [0.05, 0.1) is 11.6 Å². The number of hydrogen-bond acceptors (Lipinski definition) is 5. The van der Waals surface area contributed by atoms with Crippen LogP contribution in [-0.4, -0.2) is 34.7 Å². The topological polar surface area (TPSA) is 92.9 Å². The Bertz CT molecular complexity index is 312. The van der Waals surface area contributed by atoms with Crippen molar-refractivity contribution in [3.05, 3.63) is 24.5 Å². The summed E-state index contributed by atoms with van der Waals surface area (Å²) in [6.45, 7) is 6.76. The highest BCUT2D eigenvalue weighted by molar-refractivity contribution is 5.93. The molecule has 16 heavy (non-hydrogen) atoms. The summed E-state index contributed by atoms with van der Waals surface area (Å²) in [5.41, 5.74) is 5.10. The Labute approximate surface area is 93.9 Å². The highest BCUT2D eigenvalue weighted by atomic mass is 16.5. The van der Waals surface area contributed by atoms with Crippen LogP contribution in [-0.2, 0) is 14.3 Å². The number of hydroxylamine groups is 2. The second-order valence-electron chi connectivity index (χ2n) is 3.01. The van der Waals surface area contributed by atoms with E-state index in [-0.39, 0.29) is 5.57 Å². The third kappa shape index (κ3) is 4.24. The number of likely N-dealkylation sites (N-methyl/N-ethyl adjacent to an activating group) is 1. The van der Waals surface area contributed by atoms with Gasteiger partial charge >= 0.3 is 5.97 Å². The third-order valence-corrected chi connectivity index (χ3v) is 1.97. The van der Waals surface area contributed by atoms with Crippen molar-refractivity contribution >= 4 is 11.9 Å². The van der Waals surface area contributed by atoms with Crippen molar-refractivity contribution in [2.75, 3.05) is 6.54 Å². The lowest BCUT2D eigenvalue weighted by atomic mass is 10.1. The van der Waals surface area contributed by atoms with Crippen LogP contribution in [0.1, 0.15) is 13.8 Å². The molecule has 6 heteroatoms. The zero-order valence-electron chi connectivity index (χ0n) is 9.34. The number of rotatable bonds is 6.